The van der Waals surface area contributed by atoms with E-state index in [0.29, 0.717) is 0 Å². The molecule has 1 unspecified atom stereocenters. The van der Waals surface area contributed by atoms with Gasteiger partial charge in [0, 0.05) is 6.21 Å². The molecule has 0 fully saturated rings. The summed E-state index contributed by atoms with van der Waals surface area (Å²) in [5.41, 5.74) is 0. The fraction of sp³-hybridized carbons (Fsp3) is 0. The Labute approximate surface area is 47.8 Å². The molecule has 0 radical (unpaired) electrons. The highest BCUT2D eigenvalue weighted by Gasteiger charge is 1.94. The van der Waals surface area contributed by atoms with Crippen molar-refractivity contribution >= 4 is 24.9 Å². The molecule has 0 saturated heterocycles. The Morgan fingerprint density at radius 2 is 2.57 bits per heavy atom. The van der Waals surface area contributed by atoms with Crippen molar-refractivity contribution in [3.8, 4) is 0 Å². The Hall–Kier alpha value is -0.0700. The standard InChI is InChI=1S/C3H4ClN2P/c4-7-3-1-2-5-6-7/h1-3,6H. The van der Waals surface area contributed by atoms with Crippen LogP contribution < -0.4 is 5.20 Å². The van der Waals surface area contributed by atoms with Gasteiger partial charge < -0.3 is 0 Å². The van der Waals surface area contributed by atoms with Crippen molar-refractivity contribution in [3.63, 3.8) is 0 Å². The van der Waals surface area contributed by atoms with Crippen LogP contribution >= 0.6 is 18.7 Å². The minimum atomic E-state index is -0.648. The first kappa shape index (κ1) is 5.07. The van der Waals surface area contributed by atoms with Gasteiger partial charge in [0.1, 0.15) is 7.43 Å². The van der Waals surface area contributed by atoms with Gasteiger partial charge in [0.15, 0.2) is 0 Å². The fourth-order valence-electron chi connectivity index (χ4n) is 0.279. The van der Waals surface area contributed by atoms with Crippen LogP contribution in [0.4, 0.5) is 0 Å². The molecule has 1 atom stereocenters. The topological polar surface area (TPSA) is 24.4 Å². The number of nitrogens with one attached hydrogen (secondary N) is 1. The molecule has 0 aromatic carbocycles. The molecule has 0 aromatic rings. The zero-order chi connectivity index (χ0) is 5.11. The summed E-state index contributed by atoms with van der Waals surface area (Å²) in [5.74, 6) is 1.88. The summed E-state index contributed by atoms with van der Waals surface area (Å²) in [6, 6.07) is 0. The van der Waals surface area contributed by atoms with Crippen LogP contribution in [0.15, 0.2) is 17.0 Å². The summed E-state index contributed by atoms with van der Waals surface area (Å²) < 4.78 is 0. The summed E-state index contributed by atoms with van der Waals surface area (Å²) in [6.07, 6.45) is 3.50. The first-order valence-corrected chi connectivity index (χ1v) is 4.12. The Bertz CT molecular complexity index is 112. The third-order valence-corrected chi connectivity index (χ3v) is 1.84. The molecule has 1 aliphatic heterocycles. The van der Waals surface area contributed by atoms with Crippen molar-refractivity contribution in [1.29, 1.82) is 0 Å². The molecule has 0 bridgehead atoms. The Kier molecular flexibility index (Phi) is 1.66. The number of nitrogens with zero attached hydrogens (tertiary/aromatic N) is 1. The van der Waals surface area contributed by atoms with Gasteiger partial charge in [0.05, 0.1) is 0 Å². The Balaban J connectivity index is 2.49. The molecule has 1 rings (SSSR count). The molecule has 0 aliphatic carbocycles. The monoisotopic (exact) mass is 134 g/mol. The van der Waals surface area contributed by atoms with Gasteiger partial charge in [-0.15, -0.1) is 0 Å². The molecule has 4 heteroatoms. The molecular formula is C3H4ClN2P. The van der Waals surface area contributed by atoms with Gasteiger partial charge >= 0.3 is 0 Å². The van der Waals surface area contributed by atoms with Crippen molar-refractivity contribution in [2.24, 2.45) is 5.10 Å². The highest BCUT2D eigenvalue weighted by atomic mass is 35.7. The SMILES string of the molecule is ClP1C=CC=NN1. The molecule has 7 heavy (non-hydrogen) atoms. The van der Waals surface area contributed by atoms with Crippen LogP contribution in [0.1, 0.15) is 0 Å². The van der Waals surface area contributed by atoms with E-state index in [9.17, 15) is 0 Å². The van der Waals surface area contributed by atoms with Gasteiger partial charge in [0.25, 0.3) is 0 Å². The van der Waals surface area contributed by atoms with Crippen molar-refractivity contribution in [3.05, 3.63) is 11.9 Å². The van der Waals surface area contributed by atoms with Gasteiger partial charge in [-0.05, 0) is 11.9 Å². The maximum atomic E-state index is 5.57. The highest BCUT2D eigenvalue weighted by Crippen LogP contribution is 2.38. The summed E-state index contributed by atoms with van der Waals surface area (Å²) in [5, 5.41) is 6.39. The van der Waals surface area contributed by atoms with Gasteiger partial charge in [-0.3, -0.25) is 5.20 Å². The number of hydrogen-bond donors (Lipinski definition) is 1. The summed E-state index contributed by atoms with van der Waals surface area (Å²) >= 11 is 5.57. The first-order chi connectivity index (χ1) is 3.39. The summed E-state index contributed by atoms with van der Waals surface area (Å²) in [6.45, 7) is 0. The number of rotatable bonds is 0. The molecule has 0 aromatic heterocycles. The second kappa shape index (κ2) is 2.29. The normalized spacial score (nSPS) is 27.3. The van der Waals surface area contributed by atoms with E-state index in [1.165, 1.54) is 0 Å². The summed E-state index contributed by atoms with van der Waals surface area (Å²) in [4.78, 5) is 0. The van der Waals surface area contributed by atoms with E-state index in [0.717, 1.165) is 0 Å². The van der Waals surface area contributed by atoms with Crippen molar-refractivity contribution in [2.75, 3.05) is 0 Å². The van der Waals surface area contributed by atoms with Gasteiger partial charge in [0.2, 0.25) is 0 Å². The maximum absolute atomic E-state index is 5.57. The van der Waals surface area contributed by atoms with Crippen molar-refractivity contribution in [1.82, 2.24) is 5.20 Å². The number of hydrazone groups is 1. The smallest absolute Gasteiger partial charge is 0.127 e. The molecule has 1 N–H and O–H groups in total. The average Bonchev–Trinajstić information content (AvgIpc) is 1.69. The predicted molar refractivity (Wildman–Crippen MR) is 33.5 cm³/mol. The lowest BCUT2D eigenvalue weighted by Gasteiger charge is -2.02. The van der Waals surface area contributed by atoms with Crippen LogP contribution in [-0.2, 0) is 0 Å². The Morgan fingerprint density at radius 1 is 1.71 bits per heavy atom. The highest BCUT2D eigenvalue weighted by molar-refractivity contribution is 7.84. The molecule has 38 valence electrons. The van der Waals surface area contributed by atoms with Crippen LogP contribution in [-0.4, -0.2) is 6.21 Å². The van der Waals surface area contributed by atoms with Crippen LogP contribution in [0, 0.1) is 0 Å². The molecular weight excluding hydrogens is 130 g/mol. The summed E-state index contributed by atoms with van der Waals surface area (Å²) in [7, 11) is -0.648. The van der Waals surface area contributed by atoms with E-state index in [1.807, 2.05) is 11.9 Å². The molecule has 0 spiro atoms. The van der Waals surface area contributed by atoms with E-state index >= 15 is 0 Å². The third-order valence-electron chi connectivity index (χ3n) is 0.531. The van der Waals surface area contributed by atoms with E-state index in [4.69, 9.17) is 11.2 Å². The van der Waals surface area contributed by atoms with E-state index in [2.05, 4.69) is 10.3 Å². The zero-order valence-electron chi connectivity index (χ0n) is 3.50. The van der Waals surface area contributed by atoms with E-state index in [1.54, 1.807) is 6.21 Å². The third kappa shape index (κ3) is 1.46. The van der Waals surface area contributed by atoms with Gasteiger partial charge in [-0.1, -0.05) is 11.2 Å². The largest absolute Gasteiger partial charge is 0.270 e. The first-order valence-electron chi connectivity index (χ1n) is 1.80. The molecule has 0 saturated carbocycles. The van der Waals surface area contributed by atoms with Gasteiger partial charge in [-0.25, -0.2) is 0 Å². The quantitative estimate of drug-likeness (QED) is 0.501. The van der Waals surface area contributed by atoms with Crippen molar-refractivity contribution in [2.45, 2.75) is 0 Å². The molecule has 1 aliphatic rings. The lowest BCUT2D eigenvalue weighted by atomic mass is 10.7. The second-order valence-corrected chi connectivity index (χ2v) is 3.24. The van der Waals surface area contributed by atoms with E-state index in [-0.39, 0.29) is 0 Å². The van der Waals surface area contributed by atoms with E-state index < -0.39 is 7.43 Å². The molecule has 1 heterocycles. The lowest BCUT2D eigenvalue weighted by molar-refractivity contribution is 1.11. The van der Waals surface area contributed by atoms with Crippen LogP contribution in [0.25, 0.3) is 0 Å². The average molecular weight is 135 g/mol. The minimum Gasteiger partial charge on any atom is -0.270 e. The number of halogens is 1. The minimum absolute atomic E-state index is 0.648. The Morgan fingerprint density at radius 3 is 2.86 bits per heavy atom. The lowest BCUT2D eigenvalue weighted by Crippen LogP contribution is -1.93. The predicted octanol–water partition coefficient (Wildman–Crippen LogP) is 1.64. The van der Waals surface area contributed by atoms with Crippen LogP contribution in [0.5, 0.6) is 0 Å². The molecule has 0 amide bonds. The second-order valence-electron chi connectivity index (χ2n) is 1.03. The fourth-order valence-corrected chi connectivity index (χ4v) is 1.08. The number of hydrogen-bond acceptors (Lipinski definition) is 2. The van der Waals surface area contributed by atoms with Crippen molar-refractivity contribution < 1.29 is 0 Å². The molecule has 2 nitrogen and oxygen atoms in total. The van der Waals surface area contributed by atoms with Gasteiger partial charge in [-0.2, -0.15) is 5.10 Å². The zero-order valence-corrected chi connectivity index (χ0v) is 5.15. The number of allylic oxidation sites excluding steroid dienone is 1. The van der Waals surface area contributed by atoms with Crippen LogP contribution in [0.3, 0.4) is 0 Å². The van der Waals surface area contributed by atoms with Crippen LogP contribution in [0.2, 0.25) is 0 Å². The maximum Gasteiger partial charge on any atom is 0.127 e.